The van der Waals surface area contributed by atoms with Crippen LogP contribution in [0.1, 0.15) is 21.5 Å². The molecule has 0 saturated heterocycles. The highest BCUT2D eigenvalue weighted by Crippen LogP contribution is 2.41. The predicted octanol–water partition coefficient (Wildman–Crippen LogP) is 5.41. The number of rotatable bonds is 7. The van der Waals surface area contributed by atoms with Crippen LogP contribution in [0.5, 0.6) is 11.5 Å². The molecule has 3 aromatic carbocycles. The Balaban J connectivity index is 1.43. The van der Waals surface area contributed by atoms with E-state index in [1.54, 1.807) is 36.5 Å². The molecule has 4 aromatic rings. The predicted molar refractivity (Wildman–Crippen MR) is 149 cm³/mol. The van der Waals surface area contributed by atoms with Gasteiger partial charge in [0.15, 0.2) is 0 Å². The summed E-state index contributed by atoms with van der Waals surface area (Å²) in [6.45, 7) is 0.824. The number of halogens is 2. The van der Waals surface area contributed by atoms with Crippen molar-refractivity contribution in [2.24, 2.45) is 0 Å². The monoisotopic (exact) mass is 580 g/mol. The van der Waals surface area contributed by atoms with E-state index < -0.39 is 21.7 Å². The molecule has 2 heterocycles. The average Bonchev–Trinajstić information content (AvgIpc) is 3.21. The quantitative estimate of drug-likeness (QED) is 0.301. The van der Waals surface area contributed by atoms with E-state index in [-0.39, 0.29) is 22.9 Å². The van der Waals surface area contributed by atoms with Crippen LogP contribution in [0.4, 0.5) is 15.8 Å². The molecule has 40 heavy (non-hydrogen) atoms. The minimum absolute atomic E-state index is 0.00948. The van der Waals surface area contributed by atoms with Gasteiger partial charge in [-0.25, -0.2) is 12.8 Å². The highest BCUT2D eigenvalue weighted by atomic mass is 35.5. The van der Waals surface area contributed by atoms with Gasteiger partial charge in [-0.2, -0.15) is 5.26 Å². The van der Waals surface area contributed by atoms with E-state index in [0.717, 1.165) is 12.3 Å². The van der Waals surface area contributed by atoms with E-state index in [2.05, 4.69) is 10.0 Å². The number of hydrogen-bond acceptors (Lipinski definition) is 6. The molecule has 12 heteroatoms. The Morgan fingerprint density at radius 1 is 1.18 bits per heavy atom. The molecule has 0 unspecified atom stereocenters. The van der Waals surface area contributed by atoms with Gasteiger partial charge < -0.3 is 19.4 Å². The number of hydrogen-bond donors (Lipinski definition) is 2. The Bertz CT molecular complexity index is 1780. The summed E-state index contributed by atoms with van der Waals surface area (Å²) < 4.78 is 53.3. The fourth-order valence-electron chi connectivity index (χ4n) is 4.39. The molecule has 0 radical (unpaired) electrons. The third-order valence-electron chi connectivity index (χ3n) is 5.93. The van der Waals surface area contributed by atoms with Crippen LogP contribution in [0.25, 0.3) is 11.3 Å². The van der Waals surface area contributed by atoms with E-state index in [1.807, 2.05) is 10.6 Å². The minimum Gasteiger partial charge on any atom is -0.491 e. The van der Waals surface area contributed by atoms with Gasteiger partial charge in [0.05, 0.1) is 46.9 Å². The lowest BCUT2D eigenvalue weighted by Crippen LogP contribution is -2.13. The zero-order chi connectivity index (χ0) is 28.4. The number of fused-ring (bicyclic) bond motifs is 3. The van der Waals surface area contributed by atoms with Crippen molar-refractivity contribution in [2.75, 3.05) is 22.9 Å². The Morgan fingerprint density at radius 2 is 1.98 bits per heavy atom. The first-order valence-corrected chi connectivity index (χ1v) is 14.2. The van der Waals surface area contributed by atoms with Crippen molar-refractivity contribution in [2.45, 2.75) is 13.2 Å². The summed E-state index contributed by atoms with van der Waals surface area (Å²) in [5, 5.41) is 12.1. The van der Waals surface area contributed by atoms with Crippen LogP contribution >= 0.6 is 11.6 Å². The first kappa shape index (κ1) is 27.1. The van der Waals surface area contributed by atoms with E-state index in [9.17, 15) is 17.6 Å². The Labute approximate surface area is 234 Å². The van der Waals surface area contributed by atoms with E-state index in [0.29, 0.717) is 52.7 Å². The topological polar surface area (TPSA) is 122 Å². The number of carbonyl (C=O) groups excluding carboxylic acids is 1. The lowest BCUT2D eigenvalue weighted by Gasteiger charge is -2.14. The van der Waals surface area contributed by atoms with Gasteiger partial charge in [0, 0.05) is 16.9 Å². The van der Waals surface area contributed by atoms with Crippen molar-refractivity contribution in [1.29, 1.82) is 5.26 Å². The number of benzene rings is 3. The number of nitrogens with one attached hydrogen (secondary N) is 2. The maximum atomic E-state index is 13.9. The van der Waals surface area contributed by atoms with Gasteiger partial charge in [0.25, 0.3) is 5.91 Å². The molecule has 0 spiro atoms. The molecule has 0 bridgehead atoms. The molecule has 0 fully saturated rings. The maximum absolute atomic E-state index is 13.9. The summed E-state index contributed by atoms with van der Waals surface area (Å²) in [4.78, 5) is 13.2. The van der Waals surface area contributed by atoms with Crippen LogP contribution in [-0.2, 0) is 23.2 Å². The fourth-order valence-corrected chi connectivity index (χ4v) is 5.17. The second kappa shape index (κ2) is 10.9. The second-order valence-corrected chi connectivity index (χ2v) is 11.3. The Kier molecular flexibility index (Phi) is 7.38. The smallest absolute Gasteiger partial charge is 0.257 e. The molecule has 204 valence electrons. The molecule has 0 atom stereocenters. The van der Waals surface area contributed by atoms with Crippen molar-refractivity contribution in [3.8, 4) is 28.8 Å². The molecule has 1 aliphatic heterocycles. The molecule has 1 aliphatic rings. The van der Waals surface area contributed by atoms with Gasteiger partial charge in [0.1, 0.15) is 30.5 Å². The van der Waals surface area contributed by atoms with Gasteiger partial charge in [0.2, 0.25) is 10.0 Å². The fraction of sp³-hybridized carbons (Fsp3) is 0.143. The van der Waals surface area contributed by atoms with Crippen LogP contribution in [0.2, 0.25) is 5.02 Å². The summed E-state index contributed by atoms with van der Waals surface area (Å²) in [5.41, 5.74) is 2.85. The molecular weight excluding hydrogens is 559 g/mol. The summed E-state index contributed by atoms with van der Waals surface area (Å²) >= 11 is 6.13. The van der Waals surface area contributed by atoms with E-state index >= 15 is 0 Å². The Hall–Kier alpha value is -4.53. The zero-order valence-corrected chi connectivity index (χ0v) is 22.6. The standard InChI is InChI=1S/C28H22ClFN4O5S/c1-40(36,37)33-23-12-20(29)11-22(13-23)32-28(35)19-10-24-27-25(38-6-5-34(24)15-19)3-2-4-26(27)39-16-18-7-17(14-31)8-21(30)9-18/h2-4,7-13,15,33H,5-6,16H2,1H3,(H,32,35). The second-order valence-electron chi connectivity index (χ2n) is 9.09. The zero-order valence-electron chi connectivity index (χ0n) is 21.1. The summed E-state index contributed by atoms with van der Waals surface area (Å²) in [5.74, 6) is 0.0542. The number of sulfonamides is 1. The van der Waals surface area contributed by atoms with Crippen LogP contribution in [-0.4, -0.2) is 31.8 Å². The van der Waals surface area contributed by atoms with Crippen LogP contribution < -0.4 is 19.5 Å². The highest BCUT2D eigenvalue weighted by Gasteiger charge is 2.23. The molecule has 0 aliphatic carbocycles. The van der Waals surface area contributed by atoms with Crippen molar-refractivity contribution >= 4 is 38.9 Å². The van der Waals surface area contributed by atoms with E-state index in [4.69, 9.17) is 26.3 Å². The summed E-state index contributed by atoms with van der Waals surface area (Å²) in [6.07, 6.45) is 2.70. The third-order valence-corrected chi connectivity index (χ3v) is 6.76. The molecule has 0 saturated carbocycles. The SMILES string of the molecule is CS(=O)(=O)Nc1cc(Cl)cc(NC(=O)c2cc3n(c2)CCOc2cccc(OCc4cc(F)cc(C#N)c4)c2-3)c1. The van der Waals surface area contributed by atoms with Gasteiger partial charge in [-0.05, 0) is 60.2 Å². The Morgan fingerprint density at radius 3 is 2.75 bits per heavy atom. The largest absolute Gasteiger partial charge is 0.491 e. The molecule has 1 amide bonds. The summed E-state index contributed by atoms with van der Waals surface area (Å²) in [7, 11) is -3.54. The molecular formula is C28H22ClFN4O5S. The van der Waals surface area contributed by atoms with Gasteiger partial charge in [-0.1, -0.05) is 17.7 Å². The number of nitriles is 1. The summed E-state index contributed by atoms with van der Waals surface area (Å²) in [6, 6.07) is 17.4. The lowest BCUT2D eigenvalue weighted by atomic mass is 10.1. The molecule has 5 rings (SSSR count). The van der Waals surface area contributed by atoms with Gasteiger partial charge >= 0.3 is 0 Å². The van der Waals surface area contributed by atoms with Crippen LogP contribution in [0.15, 0.2) is 66.9 Å². The maximum Gasteiger partial charge on any atom is 0.257 e. The number of carbonyl (C=O) groups is 1. The molecule has 2 N–H and O–H groups in total. The average molecular weight is 581 g/mol. The van der Waals surface area contributed by atoms with Crippen molar-refractivity contribution in [3.05, 3.63) is 94.4 Å². The molecule has 9 nitrogen and oxygen atoms in total. The minimum atomic E-state index is -3.54. The first-order chi connectivity index (χ1) is 19.1. The number of amides is 1. The third kappa shape index (κ3) is 6.20. The lowest BCUT2D eigenvalue weighted by molar-refractivity contribution is 0.102. The van der Waals surface area contributed by atoms with Crippen molar-refractivity contribution < 1.29 is 27.1 Å². The van der Waals surface area contributed by atoms with Crippen molar-refractivity contribution in [3.63, 3.8) is 0 Å². The van der Waals surface area contributed by atoms with Crippen molar-refractivity contribution in [1.82, 2.24) is 4.57 Å². The first-order valence-electron chi connectivity index (χ1n) is 12.0. The van der Waals surface area contributed by atoms with E-state index in [1.165, 1.54) is 24.3 Å². The number of nitrogens with zero attached hydrogens (tertiary/aromatic N) is 2. The van der Waals surface area contributed by atoms with Crippen LogP contribution in [0, 0.1) is 17.1 Å². The molecule has 1 aromatic heterocycles. The highest BCUT2D eigenvalue weighted by molar-refractivity contribution is 7.92. The number of anilines is 2. The van der Waals surface area contributed by atoms with Gasteiger partial charge in [-0.3, -0.25) is 9.52 Å². The normalized spacial score (nSPS) is 12.2. The van der Waals surface area contributed by atoms with Gasteiger partial charge in [-0.15, -0.1) is 0 Å². The number of ether oxygens (including phenoxy) is 2. The number of aromatic nitrogens is 1. The van der Waals surface area contributed by atoms with Crippen LogP contribution in [0.3, 0.4) is 0 Å².